The first-order chi connectivity index (χ1) is 11.7. The Labute approximate surface area is 156 Å². The zero-order valence-electron chi connectivity index (χ0n) is 14.9. The molecule has 0 saturated carbocycles. The zero-order chi connectivity index (χ0) is 18.2. The molecule has 1 aromatic carbocycles. The van der Waals surface area contributed by atoms with Gasteiger partial charge in [-0.1, -0.05) is 15.9 Å². The van der Waals surface area contributed by atoms with Gasteiger partial charge in [0.25, 0.3) is 0 Å². The molecule has 0 radical (unpaired) electrons. The van der Waals surface area contributed by atoms with Gasteiger partial charge in [0.15, 0.2) is 5.78 Å². The number of ketones is 1. The lowest BCUT2D eigenvalue weighted by Gasteiger charge is -2.38. The number of fused-ring (bicyclic) bond motifs is 1. The monoisotopic (exact) mass is 409 g/mol. The van der Waals surface area contributed by atoms with E-state index in [9.17, 15) is 9.59 Å². The van der Waals surface area contributed by atoms with Gasteiger partial charge in [-0.15, -0.1) is 0 Å². The predicted octanol–water partition coefficient (Wildman–Crippen LogP) is 4.43. The lowest BCUT2D eigenvalue weighted by molar-refractivity contribution is 0.00901. The maximum atomic E-state index is 12.4. The molecule has 0 N–H and O–H groups in total. The number of hydrogen-bond donors (Lipinski definition) is 0. The quantitative estimate of drug-likeness (QED) is 0.688. The van der Waals surface area contributed by atoms with Crippen molar-refractivity contribution in [2.75, 3.05) is 13.1 Å². The second-order valence-corrected chi connectivity index (χ2v) is 8.64. The third-order valence-electron chi connectivity index (χ3n) is 4.62. The Morgan fingerprint density at radius 2 is 1.96 bits per heavy atom. The van der Waals surface area contributed by atoms with E-state index in [1.165, 1.54) is 0 Å². The Bertz CT molecular complexity index is 674. The van der Waals surface area contributed by atoms with Crippen LogP contribution in [-0.4, -0.2) is 41.6 Å². The Morgan fingerprint density at radius 3 is 2.60 bits per heavy atom. The van der Waals surface area contributed by atoms with E-state index in [1.54, 1.807) is 4.90 Å². The second-order valence-electron chi connectivity index (χ2n) is 7.73. The van der Waals surface area contributed by atoms with E-state index in [0.29, 0.717) is 30.8 Å². The van der Waals surface area contributed by atoms with Crippen molar-refractivity contribution in [2.24, 2.45) is 5.92 Å². The highest BCUT2D eigenvalue weighted by Gasteiger charge is 2.36. The van der Waals surface area contributed by atoms with Gasteiger partial charge >= 0.3 is 6.09 Å². The number of halogens is 1. The van der Waals surface area contributed by atoms with Crippen LogP contribution in [0.3, 0.4) is 0 Å². The lowest BCUT2D eigenvalue weighted by Crippen LogP contribution is -2.45. The fourth-order valence-electron chi connectivity index (χ4n) is 3.36. The van der Waals surface area contributed by atoms with E-state index in [2.05, 4.69) is 15.9 Å². The molecule has 2 heterocycles. The Morgan fingerprint density at radius 1 is 1.28 bits per heavy atom. The number of carbonyl (C=O) groups excluding carboxylic acids is 2. The van der Waals surface area contributed by atoms with Crippen molar-refractivity contribution >= 4 is 27.8 Å². The number of hydrogen-bond acceptors (Lipinski definition) is 4. The number of amides is 1. The molecule has 1 amide bonds. The van der Waals surface area contributed by atoms with Crippen molar-refractivity contribution in [3.05, 3.63) is 28.2 Å². The van der Waals surface area contributed by atoms with Crippen LogP contribution in [0.4, 0.5) is 4.79 Å². The summed E-state index contributed by atoms with van der Waals surface area (Å²) in [5.41, 5.74) is 0.168. The lowest BCUT2D eigenvalue weighted by atomic mass is 9.86. The third kappa shape index (κ3) is 4.35. The summed E-state index contributed by atoms with van der Waals surface area (Å²) in [6.45, 7) is 6.89. The molecule has 25 heavy (non-hydrogen) atoms. The molecular weight excluding hydrogens is 386 g/mol. The minimum Gasteiger partial charge on any atom is -0.489 e. The summed E-state index contributed by atoms with van der Waals surface area (Å²) in [5, 5.41) is 0. The number of carbonyl (C=O) groups is 2. The smallest absolute Gasteiger partial charge is 0.410 e. The third-order valence-corrected chi connectivity index (χ3v) is 5.12. The Balaban J connectivity index is 1.60. The van der Waals surface area contributed by atoms with Gasteiger partial charge in [-0.3, -0.25) is 4.79 Å². The van der Waals surface area contributed by atoms with Gasteiger partial charge in [0, 0.05) is 24.0 Å². The number of rotatable bonds is 1. The molecule has 0 aliphatic carbocycles. The molecular formula is C19H24BrNO4. The summed E-state index contributed by atoms with van der Waals surface area (Å²) < 4.78 is 12.4. The Hall–Kier alpha value is -1.56. The van der Waals surface area contributed by atoms with Crippen molar-refractivity contribution in [1.29, 1.82) is 0 Å². The van der Waals surface area contributed by atoms with Gasteiger partial charge < -0.3 is 14.4 Å². The van der Waals surface area contributed by atoms with Gasteiger partial charge in [0.1, 0.15) is 17.5 Å². The van der Waals surface area contributed by atoms with Gasteiger partial charge in [-0.2, -0.15) is 0 Å². The molecule has 0 aromatic heterocycles. The summed E-state index contributed by atoms with van der Waals surface area (Å²) in [4.78, 5) is 26.3. The van der Waals surface area contributed by atoms with Crippen LogP contribution in [0.2, 0.25) is 0 Å². The predicted molar refractivity (Wildman–Crippen MR) is 98.0 cm³/mol. The second kappa shape index (κ2) is 6.98. The average Bonchev–Trinajstić information content (AvgIpc) is 2.54. The van der Waals surface area contributed by atoms with Gasteiger partial charge in [-0.25, -0.2) is 4.79 Å². The number of Topliss-reactive ketones (excluding diaryl/α,β-unsaturated/α-hetero) is 1. The first kappa shape index (κ1) is 18.2. The summed E-state index contributed by atoms with van der Waals surface area (Å²) >= 11 is 3.39. The van der Waals surface area contributed by atoms with Crippen molar-refractivity contribution < 1.29 is 19.1 Å². The van der Waals surface area contributed by atoms with E-state index in [-0.39, 0.29) is 23.9 Å². The van der Waals surface area contributed by atoms with E-state index in [4.69, 9.17) is 9.47 Å². The standard InChI is InChI=1S/C19H24BrNO4/c1-19(2,3)25-18(23)21-8-6-12(7-9-21)17-11-15(22)14-10-13(20)4-5-16(14)24-17/h4-5,10,12,17H,6-9,11H2,1-3H3. The fraction of sp³-hybridized carbons (Fsp3) is 0.579. The molecule has 2 aliphatic rings. The Kier molecular flexibility index (Phi) is 5.09. The molecule has 1 fully saturated rings. The summed E-state index contributed by atoms with van der Waals surface area (Å²) in [7, 11) is 0. The van der Waals surface area contributed by atoms with E-state index in [1.807, 2.05) is 39.0 Å². The van der Waals surface area contributed by atoms with E-state index < -0.39 is 5.60 Å². The van der Waals surface area contributed by atoms with E-state index >= 15 is 0 Å². The van der Waals surface area contributed by atoms with Crippen molar-refractivity contribution in [3.8, 4) is 5.75 Å². The van der Waals surface area contributed by atoms with Gasteiger partial charge in [0.05, 0.1) is 5.56 Å². The molecule has 6 heteroatoms. The molecule has 1 atom stereocenters. The van der Waals surface area contributed by atoms with Crippen LogP contribution in [0.5, 0.6) is 5.75 Å². The fourth-order valence-corrected chi connectivity index (χ4v) is 3.72. The maximum Gasteiger partial charge on any atom is 0.410 e. The van der Waals surface area contributed by atoms with Crippen LogP contribution in [-0.2, 0) is 4.74 Å². The highest BCUT2D eigenvalue weighted by molar-refractivity contribution is 9.10. The van der Waals surface area contributed by atoms with Crippen molar-refractivity contribution in [1.82, 2.24) is 4.90 Å². The highest BCUT2D eigenvalue weighted by Crippen LogP contribution is 2.35. The minimum atomic E-state index is -0.481. The summed E-state index contributed by atoms with van der Waals surface area (Å²) in [5.74, 6) is 1.07. The number of nitrogens with zero attached hydrogens (tertiary/aromatic N) is 1. The molecule has 5 nitrogen and oxygen atoms in total. The van der Waals surface area contributed by atoms with Gasteiger partial charge in [0.2, 0.25) is 0 Å². The minimum absolute atomic E-state index is 0.109. The van der Waals surface area contributed by atoms with Gasteiger partial charge in [-0.05, 0) is 57.7 Å². The first-order valence-electron chi connectivity index (χ1n) is 8.70. The van der Waals surface area contributed by atoms with Crippen LogP contribution in [0.1, 0.15) is 50.4 Å². The van der Waals surface area contributed by atoms with Crippen LogP contribution < -0.4 is 4.74 Å². The highest BCUT2D eigenvalue weighted by atomic mass is 79.9. The largest absolute Gasteiger partial charge is 0.489 e. The van der Waals surface area contributed by atoms with Crippen LogP contribution in [0.25, 0.3) is 0 Å². The molecule has 2 aliphatic heterocycles. The molecule has 0 bridgehead atoms. The van der Waals surface area contributed by atoms with Crippen LogP contribution >= 0.6 is 15.9 Å². The maximum absolute atomic E-state index is 12.4. The molecule has 1 aromatic rings. The number of piperidine rings is 1. The average molecular weight is 410 g/mol. The summed E-state index contributed by atoms with van der Waals surface area (Å²) in [6, 6.07) is 5.55. The topological polar surface area (TPSA) is 55.8 Å². The first-order valence-corrected chi connectivity index (χ1v) is 9.49. The normalized spacial score (nSPS) is 21.5. The SMILES string of the molecule is CC(C)(C)OC(=O)N1CCC(C2CC(=O)c3cc(Br)ccc3O2)CC1. The van der Waals surface area contributed by atoms with Crippen LogP contribution in [0.15, 0.2) is 22.7 Å². The number of ether oxygens (including phenoxy) is 2. The van der Waals surface area contributed by atoms with Crippen LogP contribution in [0, 0.1) is 5.92 Å². The molecule has 0 spiro atoms. The molecule has 136 valence electrons. The molecule has 1 saturated heterocycles. The molecule has 1 unspecified atom stereocenters. The summed E-state index contributed by atoms with van der Waals surface area (Å²) in [6.07, 6.45) is 1.68. The number of benzene rings is 1. The van der Waals surface area contributed by atoms with Crippen molar-refractivity contribution in [2.45, 2.75) is 51.7 Å². The number of likely N-dealkylation sites (tertiary alicyclic amines) is 1. The van der Waals surface area contributed by atoms with E-state index in [0.717, 1.165) is 17.3 Å². The van der Waals surface area contributed by atoms with Crippen molar-refractivity contribution in [3.63, 3.8) is 0 Å². The molecule has 3 rings (SSSR count). The zero-order valence-corrected chi connectivity index (χ0v) is 16.5.